The first-order chi connectivity index (χ1) is 13.8. The van der Waals surface area contributed by atoms with Crippen molar-refractivity contribution in [3.8, 4) is 0 Å². The van der Waals surface area contributed by atoms with E-state index in [0.29, 0.717) is 50.2 Å². The van der Waals surface area contributed by atoms with E-state index in [1.165, 1.54) is 6.33 Å². The number of carbonyl (C=O) groups excluding carboxylic acids is 1. The van der Waals surface area contributed by atoms with Crippen LogP contribution < -0.4 is 10.2 Å². The number of anilines is 2. The van der Waals surface area contributed by atoms with Crippen molar-refractivity contribution in [2.45, 2.75) is 6.54 Å². The smallest absolute Gasteiger partial charge is 0.272 e. The van der Waals surface area contributed by atoms with Gasteiger partial charge in [0.25, 0.3) is 5.91 Å². The van der Waals surface area contributed by atoms with E-state index in [2.05, 4.69) is 35.1 Å². The van der Waals surface area contributed by atoms with Crippen LogP contribution in [0.25, 0.3) is 0 Å². The Balaban J connectivity index is 1.36. The molecule has 1 amide bonds. The van der Waals surface area contributed by atoms with E-state index in [9.17, 15) is 4.79 Å². The molecule has 9 heteroatoms. The van der Waals surface area contributed by atoms with Crippen LogP contribution in [-0.4, -0.2) is 61.9 Å². The Hall–Kier alpha value is -3.62. The van der Waals surface area contributed by atoms with Crippen LogP contribution >= 0.6 is 0 Å². The summed E-state index contributed by atoms with van der Waals surface area (Å²) in [4.78, 5) is 37.7. The van der Waals surface area contributed by atoms with Gasteiger partial charge in [0.05, 0.1) is 0 Å². The summed E-state index contributed by atoms with van der Waals surface area (Å²) in [5.41, 5.74) is 1.42. The molecule has 1 N–H and O–H groups in total. The van der Waals surface area contributed by atoms with Gasteiger partial charge in [0, 0.05) is 63.6 Å². The highest BCUT2D eigenvalue weighted by atomic mass is 16.2. The van der Waals surface area contributed by atoms with Crippen molar-refractivity contribution >= 4 is 17.7 Å². The first-order valence-electron chi connectivity index (χ1n) is 9.06. The summed E-state index contributed by atoms with van der Waals surface area (Å²) >= 11 is 0. The second kappa shape index (κ2) is 8.38. The average Bonchev–Trinajstić information content (AvgIpc) is 2.79. The molecule has 0 unspecified atom stereocenters. The Morgan fingerprint density at radius 1 is 1.00 bits per heavy atom. The van der Waals surface area contributed by atoms with Gasteiger partial charge in [-0.2, -0.15) is 0 Å². The molecule has 1 aliphatic rings. The molecule has 0 atom stereocenters. The van der Waals surface area contributed by atoms with Crippen LogP contribution in [0.1, 0.15) is 16.1 Å². The van der Waals surface area contributed by atoms with Crippen LogP contribution in [0.2, 0.25) is 0 Å². The normalized spacial score (nSPS) is 14.0. The number of carbonyl (C=O) groups is 1. The van der Waals surface area contributed by atoms with Crippen LogP contribution in [-0.2, 0) is 6.54 Å². The van der Waals surface area contributed by atoms with Gasteiger partial charge >= 0.3 is 0 Å². The molecule has 0 aromatic carbocycles. The second-order valence-corrected chi connectivity index (χ2v) is 6.33. The highest BCUT2D eigenvalue weighted by Gasteiger charge is 2.24. The Kier molecular flexibility index (Phi) is 5.32. The van der Waals surface area contributed by atoms with Crippen LogP contribution in [0.5, 0.6) is 0 Å². The summed E-state index contributed by atoms with van der Waals surface area (Å²) in [6, 6.07) is 7.33. The number of rotatable bonds is 5. The lowest BCUT2D eigenvalue weighted by molar-refractivity contribution is 0.0740. The van der Waals surface area contributed by atoms with Gasteiger partial charge in [-0.3, -0.25) is 9.78 Å². The van der Waals surface area contributed by atoms with Gasteiger partial charge in [-0.05, 0) is 17.7 Å². The van der Waals surface area contributed by atoms with Gasteiger partial charge in [0.2, 0.25) is 5.95 Å². The molecular weight excluding hydrogens is 356 g/mol. The van der Waals surface area contributed by atoms with Crippen LogP contribution in [0.3, 0.4) is 0 Å². The molecule has 1 aliphatic heterocycles. The minimum Gasteiger partial charge on any atom is -0.366 e. The van der Waals surface area contributed by atoms with Crippen molar-refractivity contribution in [3.05, 3.63) is 66.6 Å². The van der Waals surface area contributed by atoms with Crippen molar-refractivity contribution in [1.82, 2.24) is 29.8 Å². The number of hydrogen-bond donors (Lipinski definition) is 1. The van der Waals surface area contributed by atoms with E-state index in [1.54, 1.807) is 41.8 Å². The van der Waals surface area contributed by atoms with E-state index in [4.69, 9.17) is 0 Å². The molecule has 4 rings (SSSR count). The fourth-order valence-electron chi connectivity index (χ4n) is 2.99. The number of piperazine rings is 1. The Morgan fingerprint density at radius 2 is 1.82 bits per heavy atom. The van der Waals surface area contributed by atoms with Crippen molar-refractivity contribution in [1.29, 1.82) is 0 Å². The number of amides is 1. The van der Waals surface area contributed by atoms with Crippen LogP contribution in [0, 0.1) is 0 Å². The molecule has 3 aromatic rings. The van der Waals surface area contributed by atoms with Gasteiger partial charge < -0.3 is 15.1 Å². The fourth-order valence-corrected chi connectivity index (χ4v) is 2.99. The van der Waals surface area contributed by atoms with Gasteiger partial charge in [0.1, 0.15) is 17.8 Å². The molecule has 0 aliphatic carbocycles. The lowest BCUT2D eigenvalue weighted by Crippen LogP contribution is -2.49. The topological polar surface area (TPSA) is 100 Å². The quantitative estimate of drug-likeness (QED) is 0.710. The zero-order valence-electron chi connectivity index (χ0n) is 15.3. The fraction of sp³-hybridized carbons (Fsp3) is 0.263. The molecule has 0 bridgehead atoms. The molecule has 0 saturated carbocycles. The van der Waals surface area contributed by atoms with E-state index in [1.807, 2.05) is 12.1 Å². The van der Waals surface area contributed by atoms with Gasteiger partial charge in [0.15, 0.2) is 0 Å². The molecule has 1 saturated heterocycles. The molecule has 142 valence electrons. The summed E-state index contributed by atoms with van der Waals surface area (Å²) in [7, 11) is 0. The number of pyridine rings is 1. The van der Waals surface area contributed by atoms with Crippen molar-refractivity contribution < 1.29 is 4.79 Å². The first-order valence-corrected chi connectivity index (χ1v) is 9.06. The molecule has 1 fully saturated rings. The summed E-state index contributed by atoms with van der Waals surface area (Å²) in [5.74, 6) is 1.21. The average molecular weight is 376 g/mol. The number of nitrogens with one attached hydrogen (secondary N) is 1. The van der Waals surface area contributed by atoms with Crippen LogP contribution in [0.15, 0.2) is 55.4 Å². The van der Waals surface area contributed by atoms with Gasteiger partial charge in [-0.25, -0.2) is 19.9 Å². The molecule has 4 heterocycles. The molecule has 0 spiro atoms. The SMILES string of the molecule is O=C(c1cc(NCc2cccnc2)ncn1)N1CCN(c2ncccn2)CC1. The van der Waals surface area contributed by atoms with Crippen LogP contribution in [0.4, 0.5) is 11.8 Å². The lowest BCUT2D eigenvalue weighted by Gasteiger charge is -2.34. The first kappa shape index (κ1) is 17.8. The third-order valence-electron chi connectivity index (χ3n) is 4.48. The van der Waals surface area contributed by atoms with Crippen molar-refractivity contribution in [2.24, 2.45) is 0 Å². The highest BCUT2D eigenvalue weighted by Crippen LogP contribution is 2.13. The third kappa shape index (κ3) is 4.20. The maximum absolute atomic E-state index is 12.8. The Labute approximate surface area is 162 Å². The van der Waals surface area contributed by atoms with E-state index < -0.39 is 0 Å². The standard InChI is InChI=1S/C19H20N8O/c28-18(26-7-9-27(10-8-26)19-21-5-2-6-22-19)16-11-17(25-14-24-16)23-13-15-3-1-4-20-12-15/h1-6,11-12,14H,7-10,13H2,(H,23,24,25). The maximum atomic E-state index is 12.8. The van der Waals surface area contributed by atoms with Gasteiger partial charge in [-0.15, -0.1) is 0 Å². The maximum Gasteiger partial charge on any atom is 0.272 e. The van der Waals surface area contributed by atoms with E-state index >= 15 is 0 Å². The summed E-state index contributed by atoms with van der Waals surface area (Å²) < 4.78 is 0. The summed E-state index contributed by atoms with van der Waals surface area (Å²) in [6.07, 6.45) is 8.37. The molecular formula is C19H20N8O. The van der Waals surface area contributed by atoms with E-state index in [-0.39, 0.29) is 5.91 Å². The molecule has 28 heavy (non-hydrogen) atoms. The highest BCUT2D eigenvalue weighted by molar-refractivity contribution is 5.93. The third-order valence-corrected chi connectivity index (χ3v) is 4.48. The predicted molar refractivity (Wildman–Crippen MR) is 104 cm³/mol. The molecule has 9 nitrogen and oxygen atoms in total. The van der Waals surface area contributed by atoms with E-state index in [0.717, 1.165) is 5.56 Å². The Morgan fingerprint density at radius 3 is 2.57 bits per heavy atom. The number of hydrogen-bond acceptors (Lipinski definition) is 8. The lowest BCUT2D eigenvalue weighted by atomic mass is 10.2. The van der Waals surface area contributed by atoms with Gasteiger partial charge in [-0.1, -0.05) is 6.07 Å². The zero-order valence-corrected chi connectivity index (χ0v) is 15.3. The summed E-state index contributed by atoms with van der Waals surface area (Å²) in [6.45, 7) is 3.15. The predicted octanol–water partition coefficient (Wildman–Crippen LogP) is 1.24. The molecule has 3 aromatic heterocycles. The largest absolute Gasteiger partial charge is 0.366 e. The monoisotopic (exact) mass is 376 g/mol. The number of nitrogens with zero attached hydrogens (tertiary/aromatic N) is 7. The Bertz CT molecular complexity index is 913. The zero-order chi connectivity index (χ0) is 19.2. The number of aromatic nitrogens is 5. The molecule has 0 radical (unpaired) electrons. The summed E-state index contributed by atoms with van der Waals surface area (Å²) in [5, 5.41) is 3.20. The minimum absolute atomic E-state index is 0.0968. The minimum atomic E-state index is -0.0968. The van der Waals surface area contributed by atoms with Crippen molar-refractivity contribution in [3.63, 3.8) is 0 Å². The van der Waals surface area contributed by atoms with Crippen molar-refractivity contribution in [2.75, 3.05) is 36.4 Å². The second-order valence-electron chi connectivity index (χ2n) is 6.33.